The Labute approximate surface area is 91.9 Å². The Kier molecular flexibility index (Phi) is 5.19. The Morgan fingerprint density at radius 3 is 2.40 bits per heavy atom. The van der Waals surface area contributed by atoms with Crippen LogP contribution in [0.3, 0.4) is 0 Å². The van der Waals surface area contributed by atoms with Gasteiger partial charge in [-0.3, -0.25) is 0 Å². The van der Waals surface area contributed by atoms with Gasteiger partial charge in [0.1, 0.15) is 5.75 Å². The largest absolute Gasteiger partial charge is 0.497 e. The van der Waals surface area contributed by atoms with Crippen molar-refractivity contribution < 1.29 is 9.84 Å². The van der Waals surface area contributed by atoms with Crippen LogP contribution in [0.5, 0.6) is 5.75 Å². The molecule has 0 aliphatic rings. The second-order valence-corrected chi connectivity index (χ2v) is 3.83. The van der Waals surface area contributed by atoms with E-state index >= 15 is 0 Å². The summed E-state index contributed by atoms with van der Waals surface area (Å²) in [4.78, 5) is 0. The van der Waals surface area contributed by atoms with Gasteiger partial charge in [0.2, 0.25) is 0 Å². The second-order valence-electron chi connectivity index (χ2n) is 3.83. The van der Waals surface area contributed by atoms with Crippen LogP contribution < -0.4 is 4.74 Å². The smallest absolute Gasteiger partial charge is 0.118 e. The van der Waals surface area contributed by atoms with Crippen molar-refractivity contribution in [1.29, 1.82) is 0 Å². The van der Waals surface area contributed by atoms with Gasteiger partial charge >= 0.3 is 0 Å². The molecule has 0 heterocycles. The van der Waals surface area contributed by atoms with E-state index in [2.05, 4.69) is 19.1 Å². The number of hydrogen-bond acceptors (Lipinski definition) is 2. The van der Waals surface area contributed by atoms with Crippen LogP contribution in [0.1, 0.15) is 31.7 Å². The maximum absolute atomic E-state index is 9.59. The second kappa shape index (κ2) is 6.46. The van der Waals surface area contributed by atoms with Crippen LogP contribution in [0, 0.1) is 0 Å². The minimum atomic E-state index is -0.155. The minimum absolute atomic E-state index is 0.155. The van der Waals surface area contributed by atoms with Gasteiger partial charge in [-0.2, -0.15) is 0 Å². The third-order valence-electron chi connectivity index (χ3n) is 2.55. The van der Waals surface area contributed by atoms with E-state index in [0.717, 1.165) is 31.4 Å². The van der Waals surface area contributed by atoms with E-state index in [1.165, 1.54) is 5.56 Å². The first-order valence-corrected chi connectivity index (χ1v) is 5.57. The van der Waals surface area contributed by atoms with Crippen molar-refractivity contribution in [2.24, 2.45) is 0 Å². The number of hydrogen-bond donors (Lipinski definition) is 1. The normalized spacial score (nSPS) is 12.5. The Morgan fingerprint density at radius 2 is 1.87 bits per heavy atom. The van der Waals surface area contributed by atoms with Gasteiger partial charge in [0.25, 0.3) is 0 Å². The number of rotatable bonds is 6. The molecule has 2 heteroatoms. The molecule has 2 nitrogen and oxygen atoms in total. The lowest BCUT2D eigenvalue weighted by Crippen LogP contribution is -2.06. The fourth-order valence-electron chi connectivity index (χ4n) is 1.60. The molecule has 0 amide bonds. The van der Waals surface area contributed by atoms with E-state index in [9.17, 15) is 5.11 Å². The van der Waals surface area contributed by atoms with Crippen LogP contribution in [0.25, 0.3) is 0 Å². The van der Waals surface area contributed by atoms with E-state index in [4.69, 9.17) is 4.74 Å². The van der Waals surface area contributed by atoms with E-state index in [-0.39, 0.29) is 6.10 Å². The van der Waals surface area contributed by atoms with E-state index in [0.29, 0.717) is 0 Å². The van der Waals surface area contributed by atoms with Crippen LogP contribution in [0.4, 0.5) is 0 Å². The Hall–Kier alpha value is -1.02. The first kappa shape index (κ1) is 12.1. The summed E-state index contributed by atoms with van der Waals surface area (Å²) in [7, 11) is 1.67. The highest BCUT2D eigenvalue weighted by molar-refractivity contribution is 5.27. The number of aryl methyl sites for hydroxylation is 1. The summed E-state index contributed by atoms with van der Waals surface area (Å²) >= 11 is 0. The lowest BCUT2D eigenvalue weighted by molar-refractivity contribution is 0.154. The molecule has 1 unspecified atom stereocenters. The van der Waals surface area contributed by atoms with Gasteiger partial charge in [0.05, 0.1) is 13.2 Å². The predicted octanol–water partition coefficient (Wildman–Crippen LogP) is 2.79. The molecular weight excluding hydrogens is 188 g/mol. The minimum Gasteiger partial charge on any atom is -0.497 e. The quantitative estimate of drug-likeness (QED) is 0.779. The molecule has 0 spiro atoms. The summed E-state index contributed by atoms with van der Waals surface area (Å²) in [6.45, 7) is 2.09. The molecule has 0 aromatic heterocycles. The summed E-state index contributed by atoms with van der Waals surface area (Å²) in [6.07, 6.45) is 3.57. The molecular formula is C13H20O2. The molecule has 0 fully saturated rings. The van der Waals surface area contributed by atoms with E-state index in [1.54, 1.807) is 7.11 Å². The predicted molar refractivity (Wildman–Crippen MR) is 62.2 cm³/mol. The number of ether oxygens (including phenoxy) is 1. The van der Waals surface area contributed by atoms with Crippen LogP contribution in [-0.2, 0) is 6.42 Å². The van der Waals surface area contributed by atoms with Crippen molar-refractivity contribution in [1.82, 2.24) is 0 Å². The lowest BCUT2D eigenvalue weighted by Gasteiger charge is -2.09. The zero-order valence-electron chi connectivity index (χ0n) is 9.57. The Morgan fingerprint density at radius 1 is 1.20 bits per heavy atom. The van der Waals surface area contributed by atoms with Crippen molar-refractivity contribution in [3.8, 4) is 5.75 Å². The van der Waals surface area contributed by atoms with E-state index in [1.807, 2.05) is 12.1 Å². The van der Waals surface area contributed by atoms with Crippen LogP contribution in [0.2, 0.25) is 0 Å². The summed E-state index contributed by atoms with van der Waals surface area (Å²) in [5.74, 6) is 0.882. The zero-order valence-corrected chi connectivity index (χ0v) is 9.57. The molecule has 1 aromatic rings. The van der Waals surface area contributed by atoms with Crippen molar-refractivity contribution in [2.75, 3.05) is 7.11 Å². The van der Waals surface area contributed by atoms with E-state index < -0.39 is 0 Å². The fraction of sp³-hybridized carbons (Fsp3) is 0.538. The average molecular weight is 208 g/mol. The molecule has 0 saturated heterocycles. The van der Waals surface area contributed by atoms with Gasteiger partial charge in [-0.15, -0.1) is 0 Å². The van der Waals surface area contributed by atoms with Gasteiger partial charge in [0, 0.05) is 0 Å². The van der Waals surface area contributed by atoms with Gasteiger partial charge in [-0.05, 0) is 37.0 Å². The summed E-state index contributed by atoms with van der Waals surface area (Å²) in [6, 6.07) is 8.03. The molecule has 84 valence electrons. The highest BCUT2D eigenvalue weighted by Gasteiger charge is 2.03. The molecule has 1 aromatic carbocycles. The first-order valence-electron chi connectivity index (χ1n) is 5.57. The Balaban J connectivity index is 2.37. The SMILES string of the molecule is CCCC(O)CCc1ccc(OC)cc1. The molecule has 1 N–H and O–H groups in total. The lowest BCUT2D eigenvalue weighted by atomic mass is 10.0. The molecule has 0 aliphatic carbocycles. The van der Waals surface area contributed by atoms with Gasteiger partial charge < -0.3 is 9.84 Å². The van der Waals surface area contributed by atoms with Crippen molar-refractivity contribution in [2.45, 2.75) is 38.7 Å². The number of methoxy groups -OCH3 is 1. The number of aliphatic hydroxyl groups excluding tert-OH is 1. The monoisotopic (exact) mass is 208 g/mol. The molecule has 15 heavy (non-hydrogen) atoms. The first-order chi connectivity index (χ1) is 7.26. The maximum atomic E-state index is 9.59. The Bertz CT molecular complexity index is 266. The topological polar surface area (TPSA) is 29.5 Å². The van der Waals surface area contributed by atoms with Gasteiger partial charge in [0.15, 0.2) is 0 Å². The molecule has 0 bridgehead atoms. The summed E-state index contributed by atoms with van der Waals surface area (Å²) < 4.78 is 5.08. The van der Waals surface area contributed by atoms with Gasteiger partial charge in [-0.25, -0.2) is 0 Å². The zero-order chi connectivity index (χ0) is 11.1. The number of benzene rings is 1. The highest BCUT2D eigenvalue weighted by atomic mass is 16.5. The summed E-state index contributed by atoms with van der Waals surface area (Å²) in [5, 5.41) is 9.59. The average Bonchev–Trinajstić information content (AvgIpc) is 2.27. The molecule has 0 radical (unpaired) electrons. The number of aliphatic hydroxyl groups is 1. The molecule has 1 rings (SSSR count). The van der Waals surface area contributed by atoms with Crippen LogP contribution in [0.15, 0.2) is 24.3 Å². The molecule has 0 aliphatic heterocycles. The molecule has 1 atom stereocenters. The fourth-order valence-corrected chi connectivity index (χ4v) is 1.60. The molecule has 0 saturated carbocycles. The highest BCUT2D eigenvalue weighted by Crippen LogP contribution is 2.14. The third-order valence-corrected chi connectivity index (χ3v) is 2.55. The van der Waals surface area contributed by atoms with Crippen molar-refractivity contribution in [3.05, 3.63) is 29.8 Å². The van der Waals surface area contributed by atoms with Crippen molar-refractivity contribution >= 4 is 0 Å². The van der Waals surface area contributed by atoms with Crippen LogP contribution in [-0.4, -0.2) is 18.3 Å². The third kappa shape index (κ3) is 4.34. The van der Waals surface area contributed by atoms with Crippen LogP contribution >= 0.6 is 0 Å². The maximum Gasteiger partial charge on any atom is 0.118 e. The van der Waals surface area contributed by atoms with Gasteiger partial charge in [-0.1, -0.05) is 25.5 Å². The van der Waals surface area contributed by atoms with Crippen molar-refractivity contribution in [3.63, 3.8) is 0 Å². The summed E-state index contributed by atoms with van der Waals surface area (Å²) in [5.41, 5.74) is 1.26. The standard InChI is InChI=1S/C13H20O2/c1-3-4-12(14)8-5-11-6-9-13(15-2)10-7-11/h6-7,9-10,12,14H,3-5,8H2,1-2H3.